The van der Waals surface area contributed by atoms with E-state index in [1.165, 1.54) is 6.07 Å². The van der Waals surface area contributed by atoms with E-state index in [0.29, 0.717) is 0 Å². The molecule has 2 nitrogen and oxygen atoms in total. The standard InChI is InChI=1S/C13H12BrFN2/c14-12-9-16-6-5-13(12)17-7-4-10-2-1-3-11(15)8-10/h1-3,5-6,8-9H,4,7H2,(H,16,17). The lowest BCUT2D eigenvalue weighted by molar-refractivity contribution is 0.625. The maximum absolute atomic E-state index is 12.9. The molecule has 0 spiro atoms. The molecule has 0 atom stereocenters. The Kier molecular flexibility index (Phi) is 4.09. The van der Waals surface area contributed by atoms with Crippen molar-refractivity contribution < 1.29 is 4.39 Å². The van der Waals surface area contributed by atoms with E-state index in [1.807, 2.05) is 12.1 Å². The molecule has 2 aromatic rings. The predicted octanol–water partition coefficient (Wildman–Crippen LogP) is 3.64. The molecule has 0 saturated carbocycles. The van der Waals surface area contributed by atoms with Crippen LogP contribution >= 0.6 is 15.9 Å². The molecule has 1 N–H and O–H groups in total. The Morgan fingerprint density at radius 3 is 2.94 bits per heavy atom. The molecule has 1 aromatic heterocycles. The summed E-state index contributed by atoms with van der Waals surface area (Å²) in [7, 11) is 0. The summed E-state index contributed by atoms with van der Waals surface area (Å²) >= 11 is 3.41. The van der Waals surface area contributed by atoms with Crippen molar-refractivity contribution in [2.75, 3.05) is 11.9 Å². The first kappa shape index (κ1) is 12.0. The van der Waals surface area contributed by atoms with E-state index in [4.69, 9.17) is 0 Å². The molecule has 0 amide bonds. The zero-order valence-electron chi connectivity index (χ0n) is 9.16. The fourth-order valence-electron chi connectivity index (χ4n) is 1.55. The van der Waals surface area contributed by atoms with E-state index in [-0.39, 0.29) is 5.82 Å². The van der Waals surface area contributed by atoms with E-state index >= 15 is 0 Å². The van der Waals surface area contributed by atoms with Gasteiger partial charge in [0.25, 0.3) is 0 Å². The monoisotopic (exact) mass is 294 g/mol. The number of pyridine rings is 1. The van der Waals surface area contributed by atoms with E-state index in [0.717, 1.165) is 28.7 Å². The van der Waals surface area contributed by atoms with E-state index < -0.39 is 0 Å². The lowest BCUT2D eigenvalue weighted by Gasteiger charge is -2.07. The van der Waals surface area contributed by atoms with Crippen LogP contribution in [0.1, 0.15) is 5.56 Å². The number of rotatable bonds is 4. The van der Waals surface area contributed by atoms with Gasteiger partial charge in [0.15, 0.2) is 0 Å². The van der Waals surface area contributed by atoms with Crippen LogP contribution in [0.5, 0.6) is 0 Å². The molecule has 17 heavy (non-hydrogen) atoms. The molecular weight excluding hydrogens is 283 g/mol. The van der Waals surface area contributed by atoms with Crippen LogP contribution in [-0.2, 0) is 6.42 Å². The van der Waals surface area contributed by atoms with Crippen LogP contribution < -0.4 is 5.32 Å². The molecule has 0 bridgehead atoms. The van der Waals surface area contributed by atoms with Crippen LogP contribution in [0.3, 0.4) is 0 Å². The highest BCUT2D eigenvalue weighted by Crippen LogP contribution is 2.19. The average molecular weight is 295 g/mol. The van der Waals surface area contributed by atoms with Crippen LogP contribution in [0.2, 0.25) is 0 Å². The maximum atomic E-state index is 12.9. The number of halogens is 2. The number of hydrogen-bond acceptors (Lipinski definition) is 2. The number of hydrogen-bond donors (Lipinski definition) is 1. The Morgan fingerprint density at radius 2 is 2.18 bits per heavy atom. The summed E-state index contributed by atoms with van der Waals surface area (Å²) in [6.07, 6.45) is 4.26. The minimum Gasteiger partial charge on any atom is -0.384 e. The number of nitrogens with one attached hydrogen (secondary N) is 1. The molecule has 0 aliphatic carbocycles. The van der Waals surface area contributed by atoms with Crippen LogP contribution in [0, 0.1) is 5.82 Å². The van der Waals surface area contributed by atoms with Crippen molar-refractivity contribution in [3.63, 3.8) is 0 Å². The van der Waals surface area contributed by atoms with E-state index in [1.54, 1.807) is 24.5 Å². The van der Waals surface area contributed by atoms with Gasteiger partial charge in [-0.15, -0.1) is 0 Å². The van der Waals surface area contributed by atoms with Crippen molar-refractivity contribution in [2.45, 2.75) is 6.42 Å². The zero-order chi connectivity index (χ0) is 12.1. The zero-order valence-corrected chi connectivity index (χ0v) is 10.7. The Labute approximate surface area is 108 Å². The molecule has 1 aromatic carbocycles. The third kappa shape index (κ3) is 3.53. The van der Waals surface area contributed by atoms with Crippen molar-refractivity contribution in [3.05, 3.63) is 58.6 Å². The Balaban J connectivity index is 1.90. The second-order valence-electron chi connectivity index (χ2n) is 3.66. The smallest absolute Gasteiger partial charge is 0.123 e. The third-order valence-corrected chi connectivity index (χ3v) is 3.02. The van der Waals surface area contributed by atoms with Gasteiger partial charge in [-0.2, -0.15) is 0 Å². The van der Waals surface area contributed by atoms with Crippen molar-refractivity contribution in [1.82, 2.24) is 4.98 Å². The normalized spacial score (nSPS) is 10.2. The maximum Gasteiger partial charge on any atom is 0.123 e. The first-order valence-corrected chi connectivity index (χ1v) is 6.13. The molecule has 0 aliphatic heterocycles. The number of anilines is 1. The van der Waals surface area contributed by atoms with Crippen LogP contribution in [0.4, 0.5) is 10.1 Å². The number of nitrogens with zero attached hydrogens (tertiary/aromatic N) is 1. The summed E-state index contributed by atoms with van der Waals surface area (Å²) in [6, 6.07) is 8.56. The molecule has 0 radical (unpaired) electrons. The number of benzene rings is 1. The summed E-state index contributed by atoms with van der Waals surface area (Å²) in [5.41, 5.74) is 1.99. The Bertz CT molecular complexity index is 502. The second-order valence-corrected chi connectivity index (χ2v) is 4.52. The lowest BCUT2D eigenvalue weighted by atomic mass is 10.1. The quantitative estimate of drug-likeness (QED) is 0.931. The highest BCUT2D eigenvalue weighted by molar-refractivity contribution is 9.10. The summed E-state index contributed by atoms with van der Waals surface area (Å²) in [6.45, 7) is 0.756. The van der Waals surface area contributed by atoms with Gasteiger partial charge in [0.2, 0.25) is 0 Å². The summed E-state index contributed by atoms with van der Waals surface area (Å²) < 4.78 is 13.9. The van der Waals surface area contributed by atoms with Gasteiger partial charge >= 0.3 is 0 Å². The lowest BCUT2D eigenvalue weighted by Crippen LogP contribution is -2.05. The predicted molar refractivity (Wildman–Crippen MR) is 70.5 cm³/mol. The largest absolute Gasteiger partial charge is 0.384 e. The summed E-state index contributed by atoms with van der Waals surface area (Å²) in [4.78, 5) is 3.99. The number of aromatic nitrogens is 1. The highest BCUT2D eigenvalue weighted by Gasteiger charge is 1.99. The SMILES string of the molecule is Fc1cccc(CCNc2ccncc2Br)c1. The van der Waals surface area contributed by atoms with Gasteiger partial charge in [-0.1, -0.05) is 12.1 Å². The molecule has 88 valence electrons. The minimum atomic E-state index is -0.187. The highest BCUT2D eigenvalue weighted by atomic mass is 79.9. The van der Waals surface area contributed by atoms with Crippen LogP contribution in [0.25, 0.3) is 0 Å². The van der Waals surface area contributed by atoms with E-state index in [2.05, 4.69) is 26.2 Å². The summed E-state index contributed by atoms with van der Waals surface area (Å²) in [5, 5.41) is 3.27. The first-order valence-electron chi connectivity index (χ1n) is 5.33. The second kappa shape index (κ2) is 5.77. The average Bonchev–Trinajstić information content (AvgIpc) is 2.32. The van der Waals surface area contributed by atoms with Gasteiger partial charge in [-0.25, -0.2) is 4.39 Å². The van der Waals surface area contributed by atoms with Crippen molar-refractivity contribution in [2.24, 2.45) is 0 Å². The van der Waals surface area contributed by atoms with Gasteiger partial charge in [-0.05, 0) is 46.1 Å². The van der Waals surface area contributed by atoms with Gasteiger partial charge < -0.3 is 5.32 Å². The molecule has 1 heterocycles. The summed E-state index contributed by atoms with van der Waals surface area (Å²) in [5.74, 6) is -0.187. The third-order valence-electron chi connectivity index (χ3n) is 2.39. The van der Waals surface area contributed by atoms with Crippen LogP contribution in [0.15, 0.2) is 47.2 Å². The first-order chi connectivity index (χ1) is 8.25. The van der Waals surface area contributed by atoms with Crippen LogP contribution in [-0.4, -0.2) is 11.5 Å². The van der Waals surface area contributed by atoms with Crippen molar-refractivity contribution in [1.29, 1.82) is 0 Å². The fraction of sp³-hybridized carbons (Fsp3) is 0.154. The van der Waals surface area contributed by atoms with E-state index in [9.17, 15) is 4.39 Å². The van der Waals surface area contributed by atoms with Gasteiger partial charge in [-0.3, -0.25) is 4.98 Å². The topological polar surface area (TPSA) is 24.9 Å². The molecule has 0 saturated heterocycles. The Morgan fingerprint density at radius 1 is 1.29 bits per heavy atom. The molecular formula is C13H12BrFN2. The Hall–Kier alpha value is -1.42. The van der Waals surface area contributed by atoms with Crippen molar-refractivity contribution >= 4 is 21.6 Å². The molecule has 0 fully saturated rings. The molecule has 0 aliphatic rings. The fourth-order valence-corrected chi connectivity index (χ4v) is 1.94. The van der Waals surface area contributed by atoms with Gasteiger partial charge in [0, 0.05) is 18.9 Å². The van der Waals surface area contributed by atoms with Crippen molar-refractivity contribution in [3.8, 4) is 0 Å². The minimum absolute atomic E-state index is 0.187. The molecule has 2 rings (SSSR count). The van der Waals surface area contributed by atoms with Gasteiger partial charge in [0.1, 0.15) is 5.82 Å². The van der Waals surface area contributed by atoms with Gasteiger partial charge in [0.05, 0.1) is 10.2 Å². The molecule has 4 heteroatoms. The molecule has 0 unspecified atom stereocenters.